The topological polar surface area (TPSA) is 87.2 Å². The van der Waals surface area contributed by atoms with E-state index in [0.717, 1.165) is 11.3 Å². The Morgan fingerprint density at radius 3 is 2.59 bits per heavy atom. The van der Waals surface area contributed by atoms with Crippen molar-refractivity contribution in [3.05, 3.63) is 106 Å². The molecule has 2 aromatic heterocycles. The molecule has 1 aliphatic heterocycles. The number of aromatic amines is 1. The van der Waals surface area contributed by atoms with Gasteiger partial charge in [0.25, 0.3) is 5.91 Å². The highest BCUT2D eigenvalue weighted by molar-refractivity contribution is 5.98. The Hall–Kier alpha value is -4.13. The molecule has 2 aromatic carbocycles. The molecule has 0 radical (unpaired) electrons. The highest BCUT2D eigenvalue weighted by Gasteiger charge is 2.32. The van der Waals surface area contributed by atoms with Gasteiger partial charge < -0.3 is 19.8 Å². The average molecular weight is 426 g/mol. The number of nitrogens with zero attached hydrogens (tertiary/aromatic N) is 2. The lowest BCUT2D eigenvalue weighted by molar-refractivity contribution is -0.132. The number of rotatable bonds is 4. The average Bonchev–Trinajstić information content (AvgIpc) is 3.31. The molecular formula is C25H22N4O3. The van der Waals surface area contributed by atoms with E-state index in [1.54, 1.807) is 23.1 Å². The first-order valence-electron chi connectivity index (χ1n) is 10.5. The molecule has 0 saturated heterocycles. The molecule has 5 rings (SSSR count). The van der Waals surface area contributed by atoms with Gasteiger partial charge in [0.15, 0.2) is 0 Å². The number of hydrogen-bond donors (Lipinski definition) is 2. The number of carbonyl (C=O) groups is 2. The third-order valence-corrected chi connectivity index (χ3v) is 5.91. The van der Waals surface area contributed by atoms with Gasteiger partial charge in [-0.25, -0.2) is 0 Å². The number of fused-ring (bicyclic) bond motifs is 2. The lowest BCUT2D eigenvalue weighted by Crippen LogP contribution is -2.47. The number of para-hydroxylation sites is 1. The fraction of sp³-hybridized carbons (Fsp3) is 0.160. The van der Waals surface area contributed by atoms with Gasteiger partial charge in [-0.05, 0) is 29.8 Å². The van der Waals surface area contributed by atoms with Crippen LogP contribution in [0.1, 0.15) is 27.7 Å². The SMILES string of the molecule is O=C(NCC(=O)N1CCn2cccc2[C@@H]1c1ccccc1)c1c[nH]c2ccccc2c1=O. The minimum atomic E-state index is -0.568. The van der Waals surface area contributed by atoms with Crippen LogP contribution in [0.15, 0.2) is 83.9 Å². The van der Waals surface area contributed by atoms with Crippen LogP contribution < -0.4 is 10.7 Å². The number of aromatic nitrogens is 2. The quantitative estimate of drug-likeness (QED) is 0.526. The maximum Gasteiger partial charge on any atom is 0.257 e. The molecule has 0 saturated carbocycles. The molecule has 0 fully saturated rings. The summed E-state index contributed by atoms with van der Waals surface area (Å²) in [7, 11) is 0. The lowest BCUT2D eigenvalue weighted by Gasteiger charge is -2.37. The first-order valence-corrected chi connectivity index (χ1v) is 10.5. The highest BCUT2D eigenvalue weighted by atomic mass is 16.2. The van der Waals surface area contributed by atoms with Gasteiger partial charge in [-0.2, -0.15) is 0 Å². The second-order valence-electron chi connectivity index (χ2n) is 7.79. The van der Waals surface area contributed by atoms with Crippen LogP contribution in [-0.4, -0.2) is 39.4 Å². The summed E-state index contributed by atoms with van der Waals surface area (Å²) in [5.41, 5.74) is 2.34. The van der Waals surface area contributed by atoms with Gasteiger partial charge in [0.1, 0.15) is 5.56 Å². The lowest BCUT2D eigenvalue weighted by atomic mass is 10.00. The largest absolute Gasteiger partial charge is 0.360 e. The third kappa shape index (κ3) is 3.47. The normalized spacial score (nSPS) is 15.4. The summed E-state index contributed by atoms with van der Waals surface area (Å²) in [6.07, 6.45) is 3.41. The molecule has 1 atom stereocenters. The summed E-state index contributed by atoms with van der Waals surface area (Å²) in [6, 6.07) is 20.6. The number of H-pyrrole nitrogens is 1. The van der Waals surface area contributed by atoms with E-state index in [2.05, 4.69) is 14.9 Å². The second kappa shape index (κ2) is 8.19. The van der Waals surface area contributed by atoms with E-state index >= 15 is 0 Å². The Balaban J connectivity index is 1.36. The van der Waals surface area contributed by atoms with Gasteiger partial charge in [0.05, 0.1) is 12.6 Å². The minimum absolute atomic E-state index is 0.0105. The Morgan fingerprint density at radius 2 is 1.75 bits per heavy atom. The molecule has 7 heteroatoms. The zero-order chi connectivity index (χ0) is 22.1. The zero-order valence-electron chi connectivity index (χ0n) is 17.3. The number of carbonyl (C=O) groups excluding carboxylic acids is 2. The maximum absolute atomic E-state index is 13.2. The van der Waals surface area contributed by atoms with Crippen LogP contribution in [0.5, 0.6) is 0 Å². The van der Waals surface area contributed by atoms with Gasteiger partial charge in [-0.15, -0.1) is 0 Å². The van der Waals surface area contributed by atoms with E-state index in [9.17, 15) is 14.4 Å². The Morgan fingerprint density at radius 1 is 0.969 bits per heavy atom. The molecule has 32 heavy (non-hydrogen) atoms. The van der Waals surface area contributed by atoms with Crippen LogP contribution >= 0.6 is 0 Å². The standard InChI is InChI=1S/C25H22N4O3/c30-22(16-27-25(32)19-15-26-20-10-5-4-9-18(20)24(19)31)29-14-13-28-12-6-11-21(28)23(29)17-7-2-1-3-8-17/h1-12,15,23H,13-14,16H2,(H,26,31)(H,27,32)/t23-/m0/s1. The van der Waals surface area contributed by atoms with E-state index < -0.39 is 5.91 Å². The van der Waals surface area contributed by atoms with Crippen LogP contribution in [0.2, 0.25) is 0 Å². The Bertz CT molecular complexity index is 1360. The summed E-state index contributed by atoms with van der Waals surface area (Å²) in [4.78, 5) is 43.3. The first kappa shape index (κ1) is 19.8. The van der Waals surface area contributed by atoms with Crippen LogP contribution in [-0.2, 0) is 11.3 Å². The van der Waals surface area contributed by atoms with E-state index in [0.29, 0.717) is 24.0 Å². The molecule has 0 unspecified atom stereocenters. The third-order valence-electron chi connectivity index (χ3n) is 5.91. The fourth-order valence-corrected chi connectivity index (χ4v) is 4.33. The molecule has 0 bridgehead atoms. The molecule has 1 aliphatic rings. The predicted molar refractivity (Wildman–Crippen MR) is 121 cm³/mol. The van der Waals surface area contributed by atoms with Gasteiger partial charge in [0.2, 0.25) is 11.3 Å². The molecule has 160 valence electrons. The van der Waals surface area contributed by atoms with Gasteiger partial charge in [0, 0.05) is 42.1 Å². The molecule has 3 heterocycles. The number of pyridine rings is 1. The Kier molecular flexibility index (Phi) is 5.07. The predicted octanol–water partition coefficient (Wildman–Crippen LogP) is 2.69. The molecule has 0 aliphatic carbocycles. The molecular weight excluding hydrogens is 404 g/mol. The zero-order valence-corrected chi connectivity index (χ0v) is 17.3. The summed E-state index contributed by atoms with van der Waals surface area (Å²) >= 11 is 0. The van der Waals surface area contributed by atoms with Crippen molar-refractivity contribution in [2.75, 3.05) is 13.1 Å². The van der Waals surface area contributed by atoms with Crippen molar-refractivity contribution in [1.29, 1.82) is 0 Å². The van der Waals surface area contributed by atoms with Gasteiger partial charge >= 0.3 is 0 Å². The van der Waals surface area contributed by atoms with Crippen molar-refractivity contribution >= 4 is 22.7 Å². The summed E-state index contributed by atoms with van der Waals surface area (Å²) in [6.45, 7) is 1.04. The molecule has 7 nitrogen and oxygen atoms in total. The highest BCUT2D eigenvalue weighted by Crippen LogP contribution is 2.32. The van der Waals surface area contributed by atoms with E-state index in [1.807, 2.05) is 54.7 Å². The maximum atomic E-state index is 13.2. The van der Waals surface area contributed by atoms with Crippen molar-refractivity contribution < 1.29 is 9.59 Å². The summed E-state index contributed by atoms with van der Waals surface area (Å²) in [5, 5.41) is 3.07. The number of amides is 2. The smallest absolute Gasteiger partial charge is 0.257 e. The van der Waals surface area contributed by atoms with E-state index in [-0.39, 0.29) is 29.5 Å². The van der Waals surface area contributed by atoms with Crippen molar-refractivity contribution in [2.24, 2.45) is 0 Å². The summed E-state index contributed by atoms with van der Waals surface area (Å²) in [5.74, 6) is -0.765. The molecule has 0 spiro atoms. The fourth-order valence-electron chi connectivity index (χ4n) is 4.33. The number of nitrogens with one attached hydrogen (secondary N) is 2. The van der Waals surface area contributed by atoms with Crippen LogP contribution in [0.4, 0.5) is 0 Å². The van der Waals surface area contributed by atoms with Crippen LogP contribution in [0.3, 0.4) is 0 Å². The van der Waals surface area contributed by atoms with Crippen molar-refractivity contribution in [2.45, 2.75) is 12.6 Å². The first-order chi connectivity index (χ1) is 15.6. The van der Waals surface area contributed by atoms with Gasteiger partial charge in [-0.3, -0.25) is 14.4 Å². The van der Waals surface area contributed by atoms with Crippen LogP contribution in [0, 0.1) is 0 Å². The van der Waals surface area contributed by atoms with Crippen LogP contribution in [0.25, 0.3) is 10.9 Å². The van der Waals surface area contributed by atoms with Crippen molar-refractivity contribution in [3.8, 4) is 0 Å². The van der Waals surface area contributed by atoms with Gasteiger partial charge in [-0.1, -0.05) is 42.5 Å². The monoisotopic (exact) mass is 426 g/mol. The molecule has 2 amide bonds. The minimum Gasteiger partial charge on any atom is -0.360 e. The van der Waals surface area contributed by atoms with E-state index in [1.165, 1.54) is 6.20 Å². The molecule has 4 aromatic rings. The van der Waals surface area contributed by atoms with Crippen molar-refractivity contribution in [3.63, 3.8) is 0 Å². The summed E-state index contributed by atoms with van der Waals surface area (Å²) < 4.78 is 2.15. The van der Waals surface area contributed by atoms with E-state index in [4.69, 9.17) is 0 Å². The number of hydrogen-bond acceptors (Lipinski definition) is 3. The van der Waals surface area contributed by atoms with Crippen molar-refractivity contribution in [1.82, 2.24) is 19.8 Å². The number of benzene rings is 2. The second-order valence-corrected chi connectivity index (χ2v) is 7.79. The Labute approximate surface area is 184 Å². The molecule has 2 N–H and O–H groups in total.